The molecule has 1 aromatic rings. The molecule has 0 amide bonds. The maximum atomic E-state index is 6.06. The number of rotatable bonds is 3. The van der Waals surface area contributed by atoms with Gasteiger partial charge < -0.3 is 4.74 Å². The Hall–Kier alpha value is -0.610. The molecule has 3 N–H and O–H groups in total. The van der Waals surface area contributed by atoms with E-state index in [-0.39, 0.29) is 6.04 Å². The molecule has 1 aromatic carbocycles. The molecule has 2 atom stereocenters. The third-order valence-corrected chi connectivity index (χ3v) is 3.26. The van der Waals surface area contributed by atoms with Crippen LogP contribution in [0.4, 0.5) is 0 Å². The molecule has 2 unspecified atom stereocenters. The predicted octanol–water partition coefficient (Wildman–Crippen LogP) is 2.19. The molecule has 1 heterocycles. The zero-order valence-electron chi connectivity index (χ0n) is 9.37. The second-order valence-electron chi connectivity index (χ2n) is 4.33. The average Bonchev–Trinajstić information content (AvgIpc) is 2.70. The SMILES string of the molecule is Cc1cc(Cl)cc(C(NN)C2CCOC2)c1. The van der Waals surface area contributed by atoms with Gasteiger partial charge in [-0.15, -0.1) is 0 Å². The fraction of sp³-hybridized carbons (Fsp3) is 0.500. The van der Waals surface area contributed by atoms with E-state index >= 15 is 0 Å². The van der Waals surface area contributed by atoms with Gasteiger partial charge in [-0.1, -0.05) is 17.7 Å². The van der Waals surface area contributed by atoms with E-state index in [1.807, 2.05) is 19.1 Å². The quantitative estimate of drug-likeness (QED) is 0.629. The zero-order valence-corrected chi connectivity index (χ0v) is 10.1. The zero-order chi connectivity index (χ0) is 11.5. The van der Waals surface area contributed by atoms with Crippen molar-refractivity contribution in [1.29, 1.82) is 0 Å². The number of nitrogens with one attached hydrogen (secondary N) is 1. The molecule has 0 bridgehead atoms. The van der Waals surface area contributed by atoms with E-state index in [9.17, 15) is 0 Å². The van der Waals surface area contributed by atoms with Crippen molar-refractivity contribution in [3.63, 3.8) is 0 Å². The van der Waals surface area contributed by atoms with Crippen LogP contribution in [0, 0.1) is 12.8 Å². The van der Waals surface area contributed by atoms with Crippen LogP contribution in [0.3, 0.4) is 0 Å². The van der Waals surface area contributed by atoms with Gasteiger partial charge in [0.1, 0.15) is 0 Å². The number of hydrazine groups is 1. The van der Waals surface area contributed by atoms with Gasteiger partial charge >= 0.3 is 0 Å². The topological polar surface area (TPSA) is 47.3 Å². The van der Waals surface area contributed by atoms with E-state index in [1.54, 1.807) is 0 Å². The van der Waals surface area contributed by atoms with Crippen molar-refractivity contribution in [2.24, 2.45) is 11.8 Å². The van der Waals surface area contributed by atoms with E-state index in [0.717, 1.165) is 35.8 Å². The molecule has 0 aliphatic carbocycles. The lowest BCUT2D eigenvalue weighted by molar-refractivity contribution is 0.177. The molecule has 2 rings (SSSR count). The molecular weight excluding hydrogens is 224 g/mol. The maximum Gasteiger partial charge on any atom is 0.0513 e. The van der Waals surface area contributed by atoms with Crippen LogP contribution in [-0.4, -0.2) is 13.2 Å². The summed E-state index contributed by atoms with van der Waals surface area (Å²) in [5.41, 5.74) is 5.17. The Morgan fingerprint density at radius 1 is 1.50 bits per heavy atom. The minimum Gasteiger partial charge on any atom is -0.381 e. The van der Waals surface area contributed by atoms with Crippen LogP contribution in [0.15, 0.2) is 18.2 Å². The molecule has 1 fully saturated rings. The van der Waals surface area contributed by atoms with Gasteiger partial charge in [-0.3, -0.25) is 11.3 Å². The van der Waals surface area contributed by atoms with E-state index < -0.39 is 0 Å². The van der Waals surface area contributed by atoms with Crippen molar-refractivity contribution in [1.82, 2.24) is 5.43 Å². The number of hydrogen-bond donors (Lipinski definition) is 2. The van der Waals surface area contributed by atoms with Crippen molar-refractivity contribution >= 4 is 11.6 Å². The van der Waals surface area contributed by atoms with Crippen molar-refractivity contribution in [3.05, 3.63) is 34.3 Å². The fourth-order valence-corrected chi connectivity index (χ4v) is 2.56. The summed E-state index contributed by atoms with van der Waals surface area (Å²) in [7, 11) is 0. The first-order valence-corrected chi connectivity index (χ1v) is 5.89. The van der Waals surface area contributed by atoms with Crippen molar-refractivity contribution in [2.75, 3.05) is 13.2 Å². The lowest BCUT2D eigenvalue weighted by atomic mass is 9.92. The summed E-state index contributed by atoms with van der Waals surface area (Å²) in [6.07, 6.45) is 1.04. The van der Waals surface area contributed by atoms with E-state index in [1.165, 1.54) is 0 Å². The molecule has 1 saturated heterocycles. The average molecular weight is 241 g/mol. The highest BCUT2D eigenvalue weighted by molar-refractivity contribution is 6.30. The third kappa shape index (κ3) is 2.55. The number of nitrogens with two attached hydrogens (primary N) is 1. The monoisotopic (exact) mass is 240 g/mol. The molecule has 1 aliphatic heterocycles. The van der Waals surface area contributed by atoms with Gasteiger partial charge in [0.2, 0.25) is 0 Å². The van der Waals surface area contributed by atoms with Crippen molar-refractivity contribution in [3.8, 4) is 0 Å². The second-order valence-corrected chi connectivity index (χ2v) is 4.77. The maximum absolute atomic E-state index is 6.06. The van der Waals surface area contributed by atoms with Gasteiger partial charge in [0, 0.05) is 17.5 Å². The lowest BCUT2D eigenvalue weighted by Crippen LogP contribution is -2.33. The van der Waals surface area contributed by atoms with E-state index in [2.05, 4.69) is 11.5 Å². The highest BCUT2D eigenvalue weighted by atomic mass is 35.5. The summed E-state index contributed by atoms with van der Waals surface area (Å²) >= 11 is 6.06. The Morgan fingerprint density at radius 2 is 2.31 bits per heavy atom. The number of hydrogen-bond acceptors (Lipinski definition) is 3. The molecule has 0 saturated carbocycles. The molecule has 0 aromatic heterocycles. The summed E-state index contributed by atoms with van der Waals surface area (Å²) in [5.74, 6) is 6.07. The van der Waals surface area contributed by atoms with Gasteiger partial charge in [-0.2, -0.15) is 0 Å². The first-order chi connectivity index (χ1) is 7.70. The molecule has 1 aliphatic rings. The van der Waals surface area contributed by atoms with E-state index in [0.29, 0.717) is 5.92 Å². The Kier molecular flexibility index (Phi) is 3.82. The lowest BCUT2D eigenvalue weighted by Gasteiger charge is -2.22. The van der Waals surface area contributed by atoms with Crippen LogP contribution in [0.5, 0.6) is 0 Å². The fourth-order valence-electron chi connectivity index (χ4n) is 2.26. The van der Waals surface area contributed by atoms with Crippen LogP contribution >= 0.6 is 11.6 Å². The van der Waals surface area contributed by atoms with Crippen LogP contribution in [0.25, 0.3) is 0 Å². The Bertz CT molecular complexity index is 344. The van der Waals surface area contributed by atoms with Gasteiger partial charge in [0.05, 0.1) is 12.6 Å². The third-order valence-electron chi connectivity index (χ3n) is 3.04. The number of ether oxygens (including phenoxy) is 1. The molecule has 4 heteroatoms. The molecule has 0 spiro atoms. The second kappa shape index (κ2) is 5.15. The Morgan fingerprint density at radius 3 is 2.88 bits per heavy atom. The van der Waals surface area contributed by atoms with Crippen molar-refractivity contribution < 1.29 is 4.74 Å². The highest BCUT2D eigenvalue weighted by Crippen LogP contribution is 2.30. The van der Waals surface area contributed by atoms with Gasteiger partial charge in [0.25, 0.3) is 0 Å². The van der Waals surface area contributed by atoms with Gasteiger partial charge in [-0.05, 0) is 36.6 Å². The number of halogens is 1. The Labute approximate surface area is 101 Å². The molecule has 3 nitrogen and oxygen atoms in total. The van der Waals surface area contributed by atoms with Gasteiger partial charge in [-0.25, -0.2) is 0 Å². The van der Waals surface area contributed by atoms with Gasteiger partial charge in [0.15, 0.2) is 0 Å². The minimum absolute atomic E-state index is 0.125. The van der Waals surface area contributed by atoms with Crippen LogP contribution in [0.2, 0.25) is 5.02 Å². The standard InChI is InChI=1S/C12H17ClN2O/c1-8-4-10(6-11(13)5-8)12(15-14)9-2-3-16-7-9/h4-6,9,12,15H,2-3,7,14H2,1H3. The highest BCUT2D eigenvalue weighted by Gasteiger charge is 2.26. The molecule has 0 radical (unpaired) electrons. The predicted molar refractivity (Wildman–Crippen MR) is 65.2 cm³/mol. The van der Waals surface area contributed by atoms with Crippen LogP contribution < -0.4 is 11.3 Å². The summed E-state index contributed by atoms with van der Waals surface area (Å²) in [5, 5.41) is 0.758. The first-order valence-electron chi connectivity index (χ1n) is 5.51. The number of benzene rings is 1. The van der Waals surface area contributed by atoms with E-state index in [4.69, 9.17) is 22.2 Å². The summed E-state index contributed by atoms with van der Waals surface area (Å²) in [6.45, 7) is 3.62. The largest absolute Gasteiger partial charge is 0.381 e. The van der Waals surface area contributed by atoms with Crippen LogP contribution in [-0.2, 0) is 4.74 Å². The molecule has 16 heavy (non-hydrogen) atoms. The normalized spacial score (nSPS) is 22.3. The number of aryl methyl sites for hydroxylation is 1. The summed E-state index contributed by atoms with van der Waals surface area (Å²) in [6, 6.07) is 6.16. The van der Waals surface area contributed by atoms with Crippen molar-refractivity contribution in [2.45, 2.75) is 19.4 Å². The molecule has 88 valence electrons. The first kappa shape index (κ1) is 11.9. The van der Waals surface area contributed by atoms with Crippen LogP contribution in [0.1, 0.15) is 23.6 Å². The molecular formula is C12H17ClN2O. The minimum atomic E-state index is 0.125. The smallest absolute Gasteiger partial charge is 0.0513 e. The Balaban J connectivity index is 2.24. The summed E-state index contributed by atoms with van der Waals surface area (Å²) < 4.78 is 5.39. The summed E-state index contributed by atoms with van der Waals surface area (Å²) in [4.78, 5) is 0.